The molecule has 0 radical (unpaired) electrons. The second-order valence-electron chi connectivity index (χ2n) is 6.71. The zero-order valence-electron chi connectivity index (χ0n) is 15.4. The minimum Gasteiger partial charge on any atom is -0.478 e. The molecule has 0 spiro atoms. The number of aryl methyl sites for hydroxylation is 1. The molecule has 27 heavy (non-hydrogen) atoms. The number of hydrogen-bond donors (Lipinski definition) is 1. The van der Waals surface area contributed by atoms with E-state index < -0.39 is 12.4 Å². The molecular formula is C21H26F2N2O2. The molecule has 0 aliphatic heterocycles. The Bertz CT molecular complexity index is 706. The van der Waals surface area contributed by atoms with Gasteiger partial charge in [0, 0.05) is 24.4 Å². The van der Waals surface area contributed by atoms with Crippen LogP contribution in [0.5, 0.6) is 0 Å². The van der Waals surface area contributed by atoms with Gasteiger partial charge < -0.3 is 5.11 Å². The maximum Gasteiger partial charge on any atom is 0.338 e. The van der Waals surface area contributed by atoms with Gasteiger partial charge in [0.2, 0.25) is 6.43 Å². The van der Waals surface area contributed by atoms with Crippen LogP contribution in [-0.4, -0.2) is 27.5 Å². The van der Waals surface area contributed by atoms with Gasteiger partial charge in [-0.15, -0.1) is 0 Å². The molecular weight excluding hydrogens is 350 g/mol. The summed E-state index contributed by atoms with van der Waals surface area (Å²) in [6, 6.07) is 7.99. The molecule has 4 nitrogen and oxygen atoms in total. The molecule has 0 saturated carbocycles. The first-order chi connectivity index (χ1) is 13.1. The average molecular weight is 376 g/mol. The van der Waals surface area contributed by atoms with Crippen LogP contribution < -0.4 is 0 Å². The number of nitrogens with zero attached hydrogens (tertiary/aromatic N) is 2. The van der Waals surface area contributed by atoms with E-state index in [9.17, 15) is 13.6 Å². The van der Waals surface area contributed by atoms with E-state index in [0.29, 0.717) is 12.2 Å². The Morgan fingerprint density at radius 3 is 2.22 bits per heavy atom. The van der Waals surface area contributed by atoms with Crippen LogP contribution in [0.3, 0.4) is 0 Å². The van der Waals surface area contributed by atoms with Crippen molar-refractivity contribution < 1.29 is 18.7 Å². The van der Waals surface area contributed by atoms with E-state index in [1.807, 2.05) is 18.2 Å². The summed E-state index contributed by atoms with van der Waals surface area (Å²) in [7, 11) is 0. The lowest BCUT2D eigenvalue weighted by Crippen LogP contribution is -1.99. The molecule has 1 aromatic heterocycles. The average Bonchev–Trinajstić information content (AvgIpc) is 2.67. The van der Waals surface area contributed by atoms with Crippen molar-refractivity contribution in [2.24, 2.45) is 0 Å². The van der Waals surface area contributed by atoms with Crippen molar-refractivity contribution in [2.75, 3.05) is 0 Å². The van der Waals surface area contributed by atoms with Gasteiger partial charge in [-0.2, -0.15) is 0 Å². The van der Waals surface area contributed by atoms with Gasteiger partial charge in [0.15, 0.2) is 5.82 Å². The Hall–Kier alpha value is -2.37. The Balaban J connectivity index is 1.70. The highest BCUT2D eigenvalue weighted by Gasteiger charge is 2.06. The molecule has 0 amide bonds. The maximum absolute atomic E-state index is 12.0. The van der Waals surface area contributed by atoms with Crippen molar-refractivity contribution in [2.45, 2.75) is 64.2 Å². The van der Waals surface area contributed by atoms with Crippen molar-refractivity contribution in [1.82, 2.24) is 9.97 Å². The van der Waals surface area contributed by atoms with E-state index in [2.05, 4.69) is 16.0 Å². The van der Waals surface area contributed by atoms with Crippen LogP contribution in [0.4, 0.5) is 8.78 Å². The molecule has 1 aromatic carbocycles. The largest absolute Gasteiger partial charge is 0.478 e. The zero-order valence-corrected chi connectivity index (χ0v) is 15.4. The highest BCUT2D eigenvalue weighted by molar-refractivity contribution is 5.86. The maximum atomic E-state index is 12.0. The number of halogens is 2. The van der Waals surface area contributed by atoms with Gasteiger partial charge in [-0.3, -0.25) is 0 Å². The molecule has 0 aliphatic carbocycles. The van der Waals surface area contributed by atoms with Crippen LogP contribution in [0.25, 0.3) is 11.4 Å². The monoisotopic (exact) mass is 376 g/mol. The van der Waals surface area contributed by atoms with Crippen molar-refractivity contribution in [3.63, 3.8) is 0 Å². The first-order valence-electron chi connectivity index (χ1n) is 9.49. The summed E-state index contributed by atoms with van der Waals surface area (Å²) in [4.78, 5) is 19.1. The van der Waals surface area contributed by atoms with Crippen LogP contribution in [0.1, 0.15) is 67.3 Å². The summed E-state index contributed by atoms with van der Waals surface area (Å²) in [5.74, 6) is -0.519. The number of rotatable bonds is 12. The van der Waals surface area contributed by atoms with Gasteiger partial charge in [-0.25, -0.2) is 23.5 Å². The summed E-state index contributed by atoms with van der Waals surface area (Å²) in [5.41, 5.74) is 2.16. The molecule has 0 unspecified atom stereocenters. The summed E-state index contributed by atoms with van der Waals surface area (Å²) in [6.45, 7) is 0. The van der Waals surface area contributed by atoms with Crippen LogP contribution in [0.15, 0.2) is 36.7 Å². The number of alkyl halides is 2. The zero-order chi connectivity index (χ0) is 19.5. The number of carboxylic acids is 1. The summed E-state index contributed by atoms with van der Waals surface area (Å²) >= 11 is 0. The second-order valence-corrected chi connectivity index (χ2v) is 6.71. The lowest BCUT2D eigenvalue weighted by Gasteiger charge is -2.06. The third-order valence-corrected chi connectivity index (χ3v) is 4.47. The molecule has 1 N–H and O–H groups in total. The fourth-order valence-electron chi connectivity index (χ4n) is 2.97. The predicted molar refractivity (Wildman–Crippen MR) is 101 cm³/mol. The minimum atomic E-state index is -2.17. The molecule has 0 atom stereocenters. The fourth-order valence-corrected chi connectivity index (χ4v) is 2.97. The molecule has 2 rings (SSSR count). The van der Waals surface area contributed by atoms with Crippen LogP contribution in [-0.2, 0) is 6.42 Å². The number of aromatic carboxylic acids is 1. The smallest absolute Gasteiger partial charge is 0.338 e. The number of hydrogen-bond acceptors (Lipinski definition) is 3. The van der Waals surface area contributed by atoms with E-state index in [1.54, 1.807) is 0 Å². The van der Waals surface area contributed by atoms with Crippen LogP contribution in [0.2, 0.25) is 0 Å². The van der Waals surface area contributed by atoms with Gasteiger partial charge in [0.05, 0.1) is 5.56 Å². The Morgan fingerprint density at radius 2 is 1.59 bits per heavy atom. The van der Waals surface area contributed by atoms with E-state index in [-0.39, 0.29) is 12.0 Å². The second kappa shape index (κ2) is 11.4. The van der Waals surface area contributed by atoms with Crippen LogP contribution >= 0.6 is 0 Å². The van der Waals surface area contributed by atoms with E-state index in [1.165, 1.54) is 18.0 Å². The molecule has 0 saturated heterocycles. The van der Waals surface area contributed by atoms with E-state index in [4.69, 9.17) is 5.11 Å². The number of carbonyl (C=O) groups is 1. The predicted octanol–water partition coefficient (Wildman–Crippen LogP) is 5.77. The van der Waals surface area contributed by atoms with Crippen molar-refractivity contribution >= 4 is 5.97 Å². The summed E-state index contributed by atoms with van der Waals surface area (Å²) < 4.78 is 24.1. The Morgan fingerprint density at radius 1 is 0.963 bits per heavy atom. The van der Waals surface area contributed by atoms with E-state index >= 15 is 0 Å². The van der Waals surface area contributed by atoms with Crippen molar-refractivity contribution in [1.29, 1.82) is 0 Å². The Kier molecular flexibility index (Phi) is 8.81. The number of carboxylic acid groups (broad SMARTS) is 1. The molecule has 1 heterocycles. The normalized spacial score (nSPS) is 11.1. The summed E-state index contributed by atoms with van der Waals surface area (Å²) in [6.07, 6.45) is 8.46. The van der Waals surface area contributed by atoms with Crippen LogP contribution in [0, 0.1) is 0 Å². The highest BCUT2D eigenvalue weighted by Crippen LogP contribution is 2.18. The van der Waals surface area contributed by atoms with Gasteiger partial charge in [0.1, 0.15) is 0 Å². The topological polar surface area (TPSA) is 63.1 Å². The van der Waals surface area contributed by atoms with Gasteiger partial charge in [-0.1, -0.05) is 50.3 Å². The number of unbranched alkanes of at least 4 members (excludes halogenated alkanes) is 6. The molecule has 0 fully saturated rings. The molecule has 146 valence electrons. The highest BCUT2D eigenvalue weighted by atomic mass is 19.3. The molecule has 2 aromatic rings. The Labute approximate surface area is 158 Å². The third-order valence-electron chi connectivity index (χ3n) is 4.47. The van der Waals surface area contributed by atoms with Crippen molar-refractivity contribution in [3.8, 4) is 11.4 Å². The summed E-state index contributed by atoms with van der Waals surface area (Å²) in [5, 5.41) is 8.90. The first kappa shape index (κ1) is 20.9. The van der Waals surface area contributed by atoms with Gasteiger partial charge >= 0.3 is 5.97 Å². The SMILES string of the molecule is O=C(O)c1cnc(-c2cccc(CCCCCCCCCC(F)F)c2)nc1. The fraction of sp³-hybridized carbons (Fsp3) is 0.476. The molecule has 0 aliphatic rings. The standard InChI is InChI=1S/C21H26F2N2O2/c22-19(23)12-7-5-3-1-2-4-6-9-16-10-8-11-17(13-16)20-24-14-18(15-25-20)21(26)27/h8,10-11,13-15,19H,1-7,9,12H2,(H,26,27). The lowest BCUT2D eigenvalue weighted by atomic mass is 10.0. The van der Waals surface area contributed by atoms with Crippen molar-refractivity contribution in [3.05, 3.63) is 47.8 Å². The lowest BCUT2D eigenvalue weighted by molar-refractivity contribution is 0.0696. The van der Waals surface area contributed by atoms with Gasteiger partial charge in [0.25, 0.3) is 0 Å². The number of benzene rings is 1. The number of aromatic nitrogens is 2. The van der Waals surface area contributed by atoms with E-state index in [0.717, 1.165) is 50.5 Å². The molecule has 0 bridgehead atoms. The molecule has 6 heteroatoms. The minimum absolute atomic E-state index is 0.0269. The quantitative estimate of drug-likeness (QED) is 0.478. The van der Waals surface area contributed by atoms with Gasteiger partial charge in [-0.05, 0) is 30.9 Å². The first-order valence-corrected chi connectivity index (χ1v) is 9.49. The third kappa shape index (κ3) is 7.81.